The maximum atomic E-state index is 6.29. The maximum Gasteiger partial charge on any atom is 0.231 e. The van der Waals surface area contributed by atoms with E-state index in [4.69, 9.17) is 19.2 Å². The smallest absolute Gasteiger partial charge is 0.231 e. The third kappa shape index (κ3) is 3.65. The normalized spacial score (nSPS) is 24.3. The van der Waals surface area contributed by atoms with Gasteiger partial charge in [0.15, 0.2) is 11.5 Å². The SMILES string of the molecule is C1=CCC2(C1)C[C@](CCNCc1cccc3c1OCO3)(c1ccccn1)CCO2. The molecule has 5 nitrogen and oxygen atoms in total. The molecule has 3 aliphatic rings. The largest absolute Gasteiger partial charge is 0.454 e. The number of hydrogen-bond donors (Lipinski definition) is 1. The summed E-state index contributed by atoms with van der Waals surface area (Å²) in [4.78, 5) is 4.77. The highest BCUT2D eigenvalue weighted by atomic mass is 16.7. The van der Waals surface area contributed by atoms with E-state index in [1.54, 1.807) is 0 Å². The van der Waals surface area contributed by atoms with Crippen LogP contribution in [-0.4, -0.2) is 30.5 Å². The van der Waals surface area contributed by atoms with E-state index in [2.05, 4.69) is 35.7 Å². The van der Waals surface area contributed by atoms with Gasteiger partial charge in [0.2, 0.25) is 6.79 Å². The molecule has 1 spiro atoms. The molecule has 1 aliphatic carbocycles. The molecule has 0 unspecified atom stereocenters. The number of aromatic nitrogens is 1. The van der Waals surface area contributed by atoms with Crippen LogP contribution in [0.5, 0.6) is 11.5 Å². The Morgan fingerprint density at radius 1 is 1.03 bits per heavy atom. The summed E-state index contributed by atoms with van der Waals surface area (Å²) >= 11 is 0. The zero-order chi connectivity index (χ0) is 19.6. The minimum Gasteiger partial charge on any atom is -0.454 e. The Kier molecular flexibility index (Phi) is 5.02. The Morgan fingerprint density at radius 3 is 2.83 bits per heavy atom. The van der Waals surface area contributed by atoms with Crippen LogP contribution in [0.3, 0.4) is 0 Å². The lowest BCUT2D eigenvalue weighted by Gasteiger charge is -2.46. The Bertz CT molecular complexity index is 875. The van der Waals surface area contributed by atoms with Gasteiger partial charge in [0.1, 0.15) is 0 Å². The first-order valence-electron chi connectivity index (χ1n) is 10.6. The van der Waals surface area contributed by atoms with Crippen LogP contribution < -0.4 is 14.8 Å². The highest BCUT2D eigenvalue weighted by Gasteiger charge is 2.47. The van der Waals surface area contributed by atoms with Crippen molar-refractivity contribution in [2.75, 3.05) is 19.9 Å². The van der Waals surface area contributed by atoms with Crippen LogP contribution in [0.4, 0.5) is 0 Å². The molecule has 1 aromatic heterocycles. The van der Waals surface area contributed by atoms with Gasteiger partial charge in [0.05, 0.1) is 5.60 Å². The number of para-hydroxylation sites is 1. The van der Waals surface area contributed by atoms with Gasteiger partial charge in [-0.05, 0) is 56.8 Å². The zero-order valence-corrected chi connectivity index (χ0v) is 16.7. The van der Waals surface area contributed by atoms with Crippen molar-refractivity contribution in [1.82, 2.24) is 10.3 Å². The quantitative estimate of drug-likeness (QED) is 0.592. The van der Waals surface area contributed by atoms with Crippen molar-refractivity contribution in [3.8, 4) is 11.5 Å². The zero-order valence-electron chi connectivity index (χ0n) is 16.7. The van der Waals surface area contributed by atoms with Crippen molar-refractivity contribution in [3.05, 3.63) is 66.0 Å². The van der Waals surface area contributed by atoms with E-state index >= 15 is 0 Å². The second-order valence-electron chi connectivity index (χ2n) is 8.41. The van der Waals surface area contributed by atoms with E-state index in [0.717, 1.165) is 68.9 Å². The van der Waals surface area contributed by atoms with Crippen LogP contribution in [-0.2, 0) is 16.7 Å². The lowest BCUT2D eigenvalue weighted by molar-refractivity contribution is -0.100. The number of benzene rings is 1. The Morgan fingerprint density at radius 2 is 1.97 bits per heavy atom. The predicted octanol–water partition coefficient (Wildman–Crippen LogP) is 4.13. The van der Waals surface area contributed by atoms with Gasteiger partial charge in [-0.2, -0.15) is 0 Å². The number of hydrogen-bond acceptors (Lipinski definition) is 5. The minimum atomic E-state index is -0.0405. The summed E-state index contributed by atoms with van der Waals surface area (Å²) in [7, 11) is 0. The molecule has 1 saturated heterocycles. The number of nitrogens with one attached hydrogen (secondary N) is 1. The van der Waals surface area contributed by atoms with E-state index in [0.29, 0.717) is 6.79 Å². The molecule has 0 amide bonds. The number of ether oxygens (including phenoxy) is 3. The second-order valence-corrected chi connectivity index (χ2v) is 8.41. The molecule has 0 bridgehead atoms. The van der Waals surface area contributed by atoms with E-state index in [9.17, 15) is 0 Å². The number of fused-ring (bicyclic) bond motifs is 1. The standard InChI is InChI=1S/C24H28N2O3/c1-4-13-26-21(8-1)23(12-15-29-24(17-23)9-2-3-10-24)11-14-25-16-19-6-5-7-20-22(19)28-18-27-20/h1-8,13,25H,9-12,14-18H2/t23-/m1/s1. The van der Waals surface area contributed by atoms with Crippen molar-refractivity contribution in [1.29, 1.82) is 0 Å². The molecular formula is C24H28N2O3. The van der Waals surface area contributed by atoms with Gasteiger partial charge in [-0.15, -0.1) is 0 Å². The number of rotatable bonds is 6. The summed E-state index contributed by atoms with van der Waals surface area (Å²) in [5.41, 5.74) is 2.36. The average molecular weight is 392 g/mol. The summed E-state index contributed by atoms with van der Waals surface area (Å²) in [6, 6.07) is 12.4. The molecule has 1 atom stereocenters. The average Bonchev–Trinajstić information content (AvgIpc) is 3.42. The highest BCUT2D eigenvalue weighted by Crippen LogP contribution is 2.47. The number of pyridine rings is 1. The fourth-order valence-corrected chi connectivity index (χ4v) is 5.08. The van der Waals surface area contributed by atoms with Gasteiger partial charge in [0, 0.05) is 36.0 Å². The van der Waals surface area contributed by atoms with Crippen molar-refractivity contribution in [2.24, 2.45) is 0 Å². The minimum absolute atomic E-state index is 0.0405. The molecular weight excluding hydrogens is 364 g/mol. The number of nitrogens with zero attached hydrogens (tertiary/aromatic N) is 1. The molecule has 5 heteroatoms. The fourth-order valence-electron chi connectivity index (χ4n) is 5.08. The lowest BCUT2D eigenvalue weighted by Crippen LogP contribution is -2.47. The molecule has 1 N–H and O–H groups in total. The van der Waals surface area contributed by atoms with Gasteiger partial charge in [-0.25, -0.2) is 0 Å². The lowest BCUT2D eigenvalue weighted by atomic mass is 9.67. The van der Waals surface area contributed by atoms with E-state index in [1.165, 1.54) is 5.69 Å². The Balaban J connectivity index is 1.29. The highest BCUT2D eigenvalue weighted by molar-refractivity contribution is 5.48. The second kappa shape index (κ2) is 7.81. The third-order valence-electron chi connectivity index (χ3n) is 6.58. The topological polar surface area (TPSA) is 52.6 Å². The van der Waals surface area contributed by atoms with Crippen LogP contribution in [0.1, 0.15) is 43.4 Å². The van der Waals surface area contributed by atoms with Crippen LogP contribution >= 0.6 is 0 Å². The van der Waals surface area contributed by atoms with Gasteiger partial charge in [-0.3, -0.25) is 4.98 Å². The molecule has 2 aliphatic heterocycles. The molecule has 0 saturated carbocycles. The molecule has 152 valence electrons. The van der Waals surface area contributed by atoms with E-state index in [1.807, 2.05) is 24.4 Å². The van der Waals surface area contributed by atoms with Crippen molar-refractivity contribution < 1.29 is 14.2 Å². The summed E-state index contributed by atoms with van der Waals surface area (Å²) in [5.74, 6) is 1.72. The summed E-state index contributed by atoms with van der Waals surface area (Å²) < 4.78 is 17.4. The van der Waals surface area contributed by atoms with Gasteiger partial charge < -0.3 is 19.5 Å². The molecule has 3 heterocycles. The van der Waals surface area contributed by atoms with Crippen molar-refractivity contribution >= 4 is 0 Å². The molecule has 2 aromatic rings. The van der Waals surface area contributed by atoms with Crippen molar-refractivity contribution in [2.45, 2.75) is 49.7 Å². The van der Waals surface area contributed by atoms with Crippen LogP contribution in [0.15, 0.2) is 54.7 Å². The van der Waals surface area contributed by atoms with E-state index < -0.39 is 0 Å². The summed E-state index contributed by atoms with van der Waals surface area (Å²) in [6.45, 7) is 2.81. The first kappa shape index (κ1) is 18.6. The maximum absolute atomic E-state index is 6.29. The van der Waals surface area contributed by atoms with Crippen LogP contribution in [0.25, 0.3) is 0 Å². The molecule has 0 radical (unpaired) electrons. The summed E-state index contributed by atoms with van der Waals surface area (Å²) in [5, 5.41) is 3.63. The van der Waals surface area contributed by atoms with Crippen molar-refractivity contribution in [3.63, 3.8) is 0 Å². The Hall–Kier alpha value is -2.37. The van der Waals surface area contributed by atoms with E-state index in [-0.39, 0.29) is 11.0 Å². The van der Waals surface area contributed by atoms with Gasteiger partial charge in [-0.1, -0.05) is 30.4 Å². The van der Waals surface area contributed by atoms with Gasteiger partial charge >= 0.3 is 0 Å². The Labute approximate surface area is 172 Å². The van der Waals surface area contributed by atoms with Gasteiger partial charge in [0.25, 0.3) is 0 Å². The first-order chi connectivity index (χ1) is 14.3. The predicted molar refractivity (Wildman–Crippen MR) is 111 cm³/mol. The fraction of sp³-hybridized carbons (Fsp3) is 0.458. The monoisotopic (exact) mass is 392 g/mol. The summed E-state index contributed by atoms with van der Waals surface area (Å²) in [6.07, 6.45) is 11.6. The molecule has 1 fully saturated rings. The molecule has 29 heavy (non-hydrogen) atoms. The molecule has 1 aromatic carbocycles. The van der Waals surface area contributed by atoms with Crippen LogP contribution in [0.2, 0.25) is 0 Å². The van der Waals surface area contributed by atoms with Crippen LogP contribution in [0, 0.1) is 0 Å². The first-order valence-corrected chi connectivity index (χ1v) is 10.6. The third-order valence-corrected chi connectivity index (χ3v) is 6.58. The molecule has 5 rings (SSSR count).